The molecule has 136 valence electrons. The summed E-state index contributed by atoms with van der Waals surface area (Å²) < 4.78 is 13.0. The van der Waals surface area contributed by atoms with Crippen molar-refractivity contribution in [3.05, 3.63) is 58.8 Å². The minimum Gasteiger partial charge on any atom is -0.368 e. The van der Waals surface area contributed by atoms with Crippen molar-refractivity contribution in [2.45, 2.75) is 0 Å². The van der Waals surface area contributed by atoms with Crippen LogP contribution in [0.25, 0.3) is 0 Å². The summed E-state index contributed by atoms with van der Waals surface area (Å²) in [5.41, 5.74) is 1.22. The second-order valence-corrected chi connectivity index (χ2v) is 6.65. The number of hydrogen-bond donors (Lipinski definition) is 1. The molecule has 3 rings (SSSR count). The van der Waals surface area contributed by atoms with E-state index < -0.39 is 0 Å². The van der Waals surface area contributed by atoms with E-state index in [-0.39, 0.29) is 28.3 Å². The molecule has 1 aromatic heterocycles. The maximum absolute atomic E-state index is 13.0. The molecule has 0 saturated carbocycles. The number of benzene rings is 1. The number of rotatable bonds is 5. The van der Waals surface area contributed by atoms with Gasteiger partial charge in [-0.2, -0.15) is 0 Å². The number of piperazine rings is 1. The Morgan fingerprint density at radius 2 is 1.92 bits per heavy atom. The van der Waals surface area contributed by atoms with Crippen LogP contribution in [-0.2, 0) is 0 Å². The summed E-state index contributed by atoms with van der Waals surface area (Å²) in [6.07, 6.45) is 1.58. The average Bonchev–Trinajstić information content (AvgIpc) is 3.16. The molecule has 0 radical (unpaired) electrons. The van der Waals surface area contributed by atoms with Gasteiger partial charge in [0.1, 0.15) is 11.5 Å². The molecular weight excluding hydrogens is 355 g/mol. The number of carbonyl (C=O) groups excluding carboxylic acids is 2. The molecule has 2 amide bonds. The zero-order chi connectivity index (χ0) is 18.5. The van der Waals surface area contributed by atoms with Gasteiger partial charge in [-0.05, 0) is 24.3 Å². The van der Waals surface area contributed by atoms with Crippen LogP contribution in [0.15, 0.2) is 42.3 Å². The molecule has 1 fully saturated rings. The molecule has 1 saturated heterocycles. The van der Waals surface area contributed by atoms with E-state index >= 15 is 0 Å². The maximum atomic E-state index is 13.0. The summed E-state index contributed by atoms with van der Waals surface area (Å²) in [7, 11) is 0. The lowest BCUT2D eigenvalue weighted by molar-refractivity contribution is 0.0741. The number of hydrogen-bond acceptors (Lipinski definition) is 5. The van der Waals surface area contributed by atoms with Crippen LogP contribution in [0.4, 0.5) is 10.1 Å². The van der Waals surface area contributed by atoms with Crippen LogP contribution in [0, 0.1) is 5.82 Å². The van der Waals surface area contributed by atoms with Gasteiger partial charge in [0.25, 0.3) is 11.8 Å². The fourth-order valence-corrected chi connectivity index (χ4v) is 3.41. The predicted octanol–water partition coefficient (Wildman–Crippen LogP) is 2.16. The van der Waals surface area contributed by atoms with Gasteiger partial charge in [0.2, 0.25) is 0 Å². The van der Waals surface area contributed by atoms with E-state index in [0.717, 1.165) is 17.0 Å². The second kappa shape index (κ2) is 8.09. The molecule has 2 aromatic rings. The minimum absolute atomic E-state index is 0.178. The van der Waals surface area contributed by atoms with Gasteiger partial charge in [0.15, 0.2) is 5.01 Å². The van der Waals surface area contributed by atoms with Gasteiger partial charge in [-0.25, -0.2) is 9.37 Å². The largest absolute Gasteiger partial charge is 0.368 e. The first-order valence-electron chi connectivity index (χ1n) is 8.23. The molecule has 0 spiro atoms. The van der Waals surface area contributed by atoms with Crippen molar-refractivity contribution in [2.24, 2.45) is 0 Å². The molecule has 2 heterocycles. The summed E-state index contributed by atoms with van der Waals surface area (Å²) >= 11 is 1.15. The zero-order valence-electron chi connectivity index (χ0n) is 14.2. The van der Waals surface area contributed by atoms with Gasteiger partial charge in [0, 0.05) is 43.8 Å². The molecular formula is C18H19FN4O2S. The van der Waals surface area contributed by atoms with Crippen molar-refractivity contribution < 1.29 is 14.0 Å². The van der Waals surface area contributed by atoms with E-state index in [0.29, 0.717) is 32.7 Å². The highest BCUT2D eigenvalue weighted by Crippen LogP contribution is 2.18. The quantitative estimate of drug-likeness (QED) is 0.815. The Balaban J connectivity index is 1.58. The molecule has 1 aromatic carbocycles. The third-order valence-corrected chi connectivity index (χ3v) is 4.92. The number of aromatic nitrogens is 1. The Bertz CT molecular complexity index is 798. The van der Waals surface area contributed by atoms with Gasteiger partial charge in [-0.15, -0.1) is 17.9 Å². The highest BCUT2D eigenvalue weighted by molar-refractivity contribution is 7.11. The van der Waals surface area contributed by atoms with Crippen molar-refractivity contribution in [1.82, 2.24) is 15.2 Å². The van der Waals surface area contributed by atoms with E-state index in [2.05, 4.69) is 21.8 Å². The zero-order valence-corrected chi connectivity index (χ0v) is 15.0. The Kier molecular flexibility index (Phi) is 5.62. The van der Waals surface area contributed by atoms with E-state index in [4.69, 9.17) is 0 Å². The van der Waals surface area contributed by atoms with E-state index in [1.165, 1.54) is 12.1 Å². The number of anilines is 1. The average molecular weight is 374 g/mol. The Labute approximate surface area is 154 Å². The first-order chi connectivity index (χ1) is 12.6. The van der Waals surface area contributed by atoms with Crippen LogP contribution in [0.1, 0.15) is 20.3 Å². The second-order valence-electron chi connectivity index (χ2n) is 5.79. The molecule has 0 atom stereocenters. The normalized spacial score (nSPS) is 14.2. The molecule has 0 bridgehead atoms. The highest BCUT2D eigenvalue weighted by atomic mass is 32.1. The van der Waals surface area contributed by atoms with Gasteiger partial charge in [-0.3, -0.25) is 9.59 Å². The lowest BCUT2D eigenvalue weighted by Gasteiger charge is -2.35. The number of thiazole rings is 1. The van der Waals surface area contributed by atoms with Gasteiger partial charge < -0.3 is 15.1 Å². The monoisotopic (exact) mass is 374 g/mol. The maximum Gasteiger partial charge on any atom is 0.280 e. The molecule has 8 heteroatoms. The lowest BCUT2D eigenvalue weighted by atomic mass is 10.2. The Hall–Kier alpha value is -2.74. The van der Waals surface area contributed by atoms with E-state index in [1.54, 1.807) is 28.5 Å². The van der Waals surface area contributed by atoms with Crippen molar-refractivity contribution in [1.29, 1.82) is 0 Å². The molecule has 1 N–H and O–H groups in total. The molecule has 6 nitrogen and oxygen atoms in total. The Morgan fingerprint density at radius 1 is 1.23 bits per heavy atom. The van der Waals surface area contributed by atoms with Crippen LogP contribution in [0.5, 0.6) is 0 Å². The lowest BCUT2D eigenvalue weighted by Crippen LogP contribution is -2.48. The number of halogens is 1. The number of amides is 2. The van der Waals surface area contributed by atoms with Crippen molar-refractivity contribution in [3.63, 3.8) is 0 Å². The number of nitrogens with one attached hydrogen (secondary N) is 1. The van der Waals surface area contributed by atoms with Crippen LogP contribution in [-0.4, -0.2) is 54.4 Å². The number of carbonyl (C=O) groups is 2. The Morgan fingerprint density at radius 3 is 2.58 bits per heavy atom. The summed E-state index contributed by atoms with van der Waals surface area (Å²) in [5.74, 6) is -0.753. The summed E-state index contributed by atoms with van der Waals surface area (Å²) in [4.78, 5) is 32.4. The minimum atomic E-state index is -0.310. The van der Waals surface area contributed by atoms with Gasteiger partial charge in [-0.1, -0.05) is 6.08 Å². The first-order valence-corrected chi connectivity index (χ1v) is 9.11. The van der Waals surface area contributed by atoms with Gasteiger partial charge in [0.05, 0.1) is 0 Å². The molecule has 1 aliphatic rings. The van der Waals surface area contributed by atoms with Crippen LogP contribution in [0.3, 0.4) is 0 Å². The van der Waals surface area contributed by atoms with Crippen molar-refractivity contribution in [2.75, 3.05) is 37.6 Å². The summed E-state index contributed by atoms with van der Waals surface area (Å²) in [5, 5.41) is 4.51. The molecule has 26 heavy (non-hydrogen) atoms. The van der Waals surface area contributed by atoms with E-state index in [1.807, 2.05) is 0 Å². The fraction of sp³-hybridized carbons (Fsp3) is 0.278. The van der Waals surface area contributed by atoms with Crippen LogP contribution < -0.4 is 10.2 Å². The third kappa shape index (κ3) is 4.08. The van der Waals surface area contributed by atoms with E-state index in [9.17, 15) is 14.0 Å². The fourth-order valence-electron chi connectivity index (χ4n) is 2.70. The van der Waals surface area contributed by atoms with Gasteiger partial charge >= 0.3 is 0 Å². The topological polar surface area (TPSA) is 65.5 Å². The van der Waals surface area contributed by atoms with Crippen molar-refractivity contribution >= 4 is 28.8 Å². The number of nitrogens with zero attached hydrogens (tertiary/aromatic N) is 3. The third-order valence-electron chi connectivity index (χ3n) is 4.08. The highest BCUT2D eigenvalue weighted by Gasteiger charge is 2.24. The van der Waals surface area contributed by atoms with Crippen molar-refractivity contribution in [3.8, 4) is 0 Å². The smallest absolute Gasteiger partial charge is 0.280 e. The molecule has 0 unspecified atom stereocenters. The summed E-state index contributed by atoms with van der Waals surface area (Å²) in [6.45, 7) is 6.31. The molecule has 1 aliphatic heterocycles. The van der Waals surface area contributed by atoms with Crippen LogP contribution >= 0.6 is 11.3 Å². The SMILES string of the molecule is C=CCNC(=O)c1nc(C(=O)N2CCN(c3ccc(F)cc3)CC2)cs1. The standard InChI is InChI=1S/C18H19FN4O2S/c1-2-7-20-16(24)17-21-15(12-26-17)18(25)23-10-8-22(9-11-23)14-5-3-13(19)4-6-14/h2-6,12H,1,7-11H2,(H,20,24). The summed E-state index contributed by atoms with van der Waals surface area (Å²) in [6, 6.07) is 6.34. The first kappa shape index (κ1) is 18.1. The van der Waals surface area contributed by atoms with Crippen LogP contribution in [0.2, 0.25) is 0 Å². The predicted molar refractivity (Wildman–Crippen MR) is 99.2 cm³/mol. The molecule has 0 aliphatic carbocycles.